The van der Waals surface area contributed by atoms with Gasteiger partial charge in [-0.05, 0) is 12.5 Å². The monoisotopic (exact) mass is 262 g/mol. The molecule has 1 heterocycles. The fraction of sp³-hybridized carbons (Fsp3) is 0.429. The third kappa shape index (κ3) is 3.12. The summed E-state index contributed by atoms with van der Waals surface area (Å²) in [4.78, 5) is 23.4. The number of nitrogens with one attached hydrogen (secondary N) is 2. The van der Waals surface area contributed by atoms with E-state index in [9.17, 15) is 9.59 Å². The zero-order valence-electron chi connectivity index (χ0n) is 11.1. The number of amides is 1. The van der Waals surface area contributed by atoms with Gasteiger partial charge in [-0.1, -0.05) is 30.3 Å². The molecular formula is C14H18N2O3. The van der Waals surface area contributed by atoms with Gasteiger partial charge in [0.15, 0.2) is 0 Å². The zero-order chi connectivity index (χ0) is 13.8. The smallest absolute Gasteiger partial charge is 0.306 e. The van der Waals surface area contributed by atoms with Crippen molar-refractivity contribution < 1.29 is 14.3 Å². The summed E-state index contributed by atoms with van der Waals surface area (Å²) in [5, 5.41) is 6.19. The maximum Gasteiger partial charge on any atom is 0.306 e. The standard InChI is InChI=1S/C14H18N2O3/c1-9-11(8-12(17)19-2)14(18)16-13(15-9)10-6-4-3-5-7-10/h3-7,9,11,13,15H,8H2,1-2H3,(H,16,18). The number of ether oxygens (including phenoxy) is 1. The number of benzene rings is 1. The summed E-state index contributed by atoms with van der Waals surface area (Å²) in [6.07, 6.45) is -0.115. The lowest BCUT2D eigenvalue weighted by Gasteiger charge is -2.35. The Morgan fingerprint density at radius 3 is 2.58 bits per heavy atom. The summed E-state index contributed by atoms with van der Waals surface area (Å²) in [7, 11) is 1.33. The van der Waals surface area contributed by atoms with Crippen LogP contribution in [0.15, 0.2) is 30.3 Å². The molecule has 1 fully saturated rings. The summed E-state index contributed by atoms with van der Waals surface area (Å²) < 4.78 is 4.61. The van der Waals surface area contributed by atoms with Gasteiger partial charge in [-0.25, -0.2) is 0 Å². The van der Waals surface area contributed by atoms with E-state index in [-0.39, 0.29) is 30.5 Å². The second-order valence-electron chi connectivity index (χ2n) is 4.69. The third-order valence-electron chi connectivity index (χ3n) is 3.40. The fourth-order valence-electron chi connectivity index (χ4n) is 2.25. The largest absolute Gasteiger partial charge is 0.469 e. The molecule has 3 unspecified atom stereocenters. The minimum Gasteiger partial charge on any atom is -0.469 e. The van der Waals surface area contributed by atoms with Crippen LogP contribution in [0, 0.1) is 5.92 Å². The van der Waals surface area contributed by atoms with Crippen LogP contribution < -0.4 is 10.6 Å². The van der Waals surface area contributed by atoms with E-state index in [1.165, 1.54) is 7.11 Å². The first-order valence-electron chi connectivity index (χ1n) is 6.30. The Bertz CT molecular complexity index is 461. The molecule has 2 rings (SSSR count). The lowest BCUT2D eigenvalue weighted by Crippen LogP contribution is -2.56. The Morgan fingerprint density at radius 2 is 2.00 bits per heavy atom. The number of carbonyl (C=O) groups excluding carboxylic acids is 2. The van der Waals surface area contributed by atoms with E-state index in [1.54, 1.807) is 0 Å². The van der Waals surface area contributed by atoms with Crippen molar-refractivity contribution in [1.82, 2.24) is 10.6 Å². The van der Waals surface area contributed by atoms with Crippen molar-refractivity contribution >= 4 is 11.9 Å². The fourth-order valence-corrected chi connectivity index (χ4v) is 2.25. The molecular weight excluding hydrogens is 244 g/mol. The quantitative estimate of drug-likeness (QED) is 0.797. The molecule has 0 saturated carbocycles. The summed E-state index contributed by atoms with van der Waals surface area (Å²) >= 11 is 0. The van der Waals surface area contributed by atoms with E-state index < -0.39 is 5.92 Å². The molecule has 1 aliphatic heterocycles. The van der Waals surface area contributed by atoms with Crippen LogP contribution in [0.2, 0.25) is 0 Å². The number of carbonyl (C=O) groups is 2. The number of methoxy groups -OCH3 is 1. The predicted octanol–water partition coefficient (Wildman–Crippen LogP) is 0.972. The zero-order valence-corrected chi connectivity index (χ0v) is 11.1. The molecule has 19 heavy (non-hydrogen) atoms. The first-order chi connectivity index (χ1) is 9.11. The van der Waals surface area contributed by atoms with E-state index in [4.69, 9.17) is 0 Å². The highest BCUT2D eigenvalue weighted by Crippen LogP contribution is 2.21. The average molecular weight is 262 g/mol. The number of hydrogen-bond donors (Lipinski definition) is 2. The molecule has 1 aliphatic rings. The van der Waals surface area contributed by atoms with Gasteiger partial charge in [0.25, 0.3) is 0 Å². The molecule has 5 nitrogen and oxygen atoms in total. The highest BCUT2D eigenvalue weighted by molar-refractivity contribution is 5.85. The maximum absolute atomic E-state index is 12.1. The summed E-state index contributed by atoms with van der Waals surface area (Å²) in [6, 6.07) is 9.59. The molecule has 0 aliphatic carbocycles. The Labute approximate surface area is 112 Å². The number of rotatable bonds is 3. The van der Waals surface area contributed by atoms with Crippen LogP contribution in [0.1, 0.15) is 25.1 Å². The van der Waals surface area contributed by atoms with Gasteiger partial charge < -0.3 is 10.1 Å². The minimum atomic E-state index is -0.396. The van der Waals surface area contributed by atoms with Gasteiger partial charge >= 0.3 is 5.97 Å². The van der Waals surface area contributed by atoms with Crippen LogP contribution >= 0.6 is 0 Å². The van der Waals surface area contributed by atoms with E-state index in [1.807, 2.05) is 37.3 Å². The number of hydrogen-bond acceptors (Lipinski definition) is 4. The molecule has 1 aromatic rings. The summed E-state index contributed by atoms with van der Waals surface area (Å²) in [6.45, 7) is 1.91. The molecule has 0 spiro atoms. The normalized spacial score (nSPS) is 26.6. The Balaban J connectivity index is 2.06. The van der Waals surface area contributed by atoms with Gasteiger partial charge in [-0.2, -0.15) is 0 Å². The van der Waals surface area contributed by atoms with Crippen molar-refractivity contribution in [3.63, 3.8) is 0 Å². The second-order valence-corrected chi connectivity index (χ2v) is 4.69. The van der Waals surface area contributed by atoms with Crippen molar-refractivity contribution in [2.24, 2.45) is 5.92 Å². The predicted molar refractivity (Wildman–Crippen MR) is 70.0 cm³/mol. The van der Waals surface area contributed by atoms with Gasteiger partial charge in [-0.15, -0.1) is 0 Å². The molecule has 5 heteroatoms. The van der Waals surface area contributed by atoms with E-state index in [0.29, 0.717) is 0 Å². The van der Waals surface area contributed by atoms with Gasteiger partial charge in [0.1, 0.15) is 6.17 Å². The van der Waals surface area contributed by atoms with Crippen LogP contribution in [0.4, 0.5) is 0 Å². The lowest BCUT2D eigenvalue weighted by molar-refractivity contribution is -0.145. The SMILES string of the molecule is COC(=O)CC1C(=O)NC(c2ccccc2)NC1C. The van der Waals surface area contributed by atoms with Gasteiger partial charge in [0, 0.05) is 6.04 Å². The lowest BCUT2D eigenvalue weighted by atomic mass is 9.92. The van der Waals surface area contributed by atoms with Crippen LogP contribution in [0.25, 0.3) is 0 Å². The van der Waals surface area contributed by atoms with Crippen molar-refractivity contribution in [3.05, 3.63) is 35.9 Å². The summed E-state index contributed by atoms with van der Waals surface area (Å²) in [5.41, 5.74) is 0.999. The van der Waals surface area contributed by atoms with Gasteiger partial charge in [-0.3, -0.25) is 14.9 Å². The maximum atomic E-state index is 12.1. The Hall–Kier alpha value is -1.88. The molecule has 2 N–H and O–H groups in total. The first-order valence-corrected chi connectivity index (χ1v) is 6.30. The first kappa shape index (κ1) is 13.5. The van der Waals surface area contributed by atoms with E-state index in [2.05, 4.69) is 15.4 Å². The van der Waals surface area contributed by atoms with Crippen LogP contribution in [-0.2, 0) is 14.3 Å². The van der Waals surface area contributed by atoms with Gasteiger partial charge in [0.2, 0.25) is 5.91 Å². The van der Waals surface area contributed by atoms with Gasteiger partial charge in [0.05, 0.1) is 19.4 Å². The van der Waals surface area contributed by atoms with Crippen molar-refractivity contribution in [2.75, 3.05) is 7.11 Å². The second kappa shape index (κ2) is 5.84. The van der Waals surface area contributed by atoms with E-state index in [0.717, 1.165) is 5.56 Å². The molecule has 0 aromatic heterocycles. The van der Waals surface area contributed by atoms with Crippen molar-refractivity contribution in [2.45, 2.75) is 25.6 Å². The van der Waals surface area contributed by atoms with Crippen molar-refractivity contribution in [1.29, 1.82) is 0 Å². The highest BCUT2D eigenvalue weighted by atomic mass is 16.5. The Morgan fingerprint density at radius 1 is 1.32 bits per heavy atom. The third-order valence-corrected chi connectivity index (χ3v) is 3.40. The Kier molecular flexibility index (Phi) is 4.16. The molecule has 0 radical (unpaired) electrons. The molecule has 0 bridgehead atoms. The van der Waals surface area contributed by atoms with Crippen LogP contribution in [-0.4, -0.2) is 25.0 Å². The molecule has 1 saturated heterocycles. The average Bonchev–Trinajstić information content (AvgIpc) is 2.43. The summed E-state index contributed by atoms with van der Waals surface area (Å²) in [5.74, 6) is -0.884. The molecule has 102 valence electrons. The molecule has 1 amide bonds. The minimum absolute atomic E-state index is 0.0851. The topological polar surface area (TPSA) is 67.4 Å². The molecule has 3 atom stereocenters. The van der Waals surface area contributed by atoms with E-state index >= 15 is 0 Å². The highest BCUT2D eigenvalue weighted by Gasteiger charge is 2.35. The van der Waals surface area contributed by atoms with Crippen LogP contribution in [0.3, 0.4) is 0 Å². The van der Waals surface area contributed by atoms with Crippen LogP contribution in [0.5, 0.6) is 0 Å². The van der Waals surface area contributed by atoms with Crippen molar-refractivity contribution in [3.8, 4) is 0 Å². The molecule has 1 aromatic carbocycles. The number of esters is 1.